The molecule has 28 heavy (non-hydrogen) atoms. The van der Waals surface area contributed by atoms with Crippen molar-refractivity contribution < 1.29 is 19.1 Å². The van der Waals surface area contributed by atoms with Gasteiger partial charge in [0.25, 0.3) is 11.8 Å². The van der Waals surface area contributed by atoms with Crippen LogP contribution in [0.5, 0.6) is 11.5 Å². The predicted molar refractivity (Wildman–Crippen MR) is 109 cm³/mol. The van der Waals surface area contributed by atoms with Gasteiger partial charge < -0.3 is 20.1 Å². The van der Waals surface area contributed by atoms with Crippen LogP contribution < -0.4 is 20.1 Å². The van der Waals surface area contributed by atoms with Gasteiger partial charge in [0.1, 0.15) is 0 Å². The Morgan fingerprint density at radius 2 is 1.29 bits per heavy atom. The van der Waals surface area contributed by atoms with Crippen LogP contribution in [0, 0.1) is 0 Å². The van der Waals surface area contributed by atoms with Crippen molar-refractivity contribution in [3.63, 3.8) is 0 Å². The number of ether oxygens (including phenoxy) is 2. The Bertz CT molecular complexity index is 823. The van der Waals surface area contributed by atoms with Gasteiger partial charge in [0.15, 0.2) is 11.5 Å². The molecule has 0 saturated heterocycles. The van der Waals surface area contributed by atoms with Crippen molar-refractivity contribution in [2.75, 3.05) is 27.3 Å². The Balaban J connectivity index is 1.83. The minimum Gasteiger partial charge on any atom is -0.493 e. The Labute approximate surface area is 166 Å². The van der Waals surface area contributed by atoms with E-state index in [9.17, 15) is 9.59 Å². The number of rotatable bonds is 7. The zero-order valence-electron chi connectivity index (χ0n) is 17.1. The number of amides is 2. The third-order valence-corrected chi connectivity index (χ3v) is 4.35. The Hall–Kier alpha value is -3.02. The molecule has 2 N–H and O–H groups in total. The lowest BCUT2D eigenvalue weighted by molar-refractivity contribution is 0.0927. The number of hydrogen-bond donors (Lipinski definition) is 2. The van der Waals surface area contributed by atoms with E-state index in [2.05, 4.69) is 31.4 Å². The molecular formula is C22H28N2O4. The average Bonchev–Trinajstić information content (AvgIpc) is 2.69. The largest absolute Gasteiger partial charge is 0.493 e. The normalized spacial score (nSPS) is 10.9. The number of carbonyl (C=O) groups excluding carboxylic acids is 2. The van der Waals surface area contributed by atoms with Gasteiger partial charge in [-0.25, -0.2) is 0 Å². The molecule has 150 valence electrons. The molecule has 0 spiro atoms. The van der Waals surface area contributed by atoms with Gasteiger partial charge >= 0.3 is 0 Å². The van der Waals surface area contributed by atoms with Crippen molar-refractivity contribution in [3.05, 3.63) is 59.2 Å². The van der Waals surface area contributed by atoms with E-state index in [0.29, 0.717) is 35.7 Å². The standard InChI is InChI=1S/C22H28N2O4/c1-22(2,3)17-9-6-15(7-10-17)20(25)23-12-13-24-21(26)16-8-11-18(27-4)19(14-16)28-5/h6-11,14H,12-13H2,1-5H3,(H,23,25)(H,24,26). The van der Waals surface area contributed by atoms with Gasteiger partial charge in [-0.1, -0.05) is 32.9 Å². The van der Waals surface area contributed by atoms with Gasteiger partial charge in [0.05, 0.1) is 14.2 Å². The van der Waals surface area contributed by atoms with Gasteiger partial charge in [-0.15, -0.1) is 0 Å². The summed E-state index contributed by atoms with van der Waals surface area (Å²) in [4.78, 5) is 24.5. The summed E-state index contributed by atoms with van der Waals surface area (Å²) in [5, 5.41) is 5.58. The van der Waals surface area contributed by atoms with E-state index < -0.39 is 0 Å². The topological polar surface area (TPSA) is 76.7 Å². The molecule has 2 aromatic rings. The summed E-state index contributed by atoms with van der Waals surface area (Å²) in [7, 11) is 3.06. The van der Waals surface area contributed by atoms with Crippen LogP contribution in [0.2, 0.25) is 0 Å². The molecule has 2 rings (SSSR count). The van der Waals surface area contributed by atoms with Crippen molar-refractivity contribution in [1.29, 1.82) is 0 Å². The summed E-state index contributed by atoms with van der Waals surface area (Å²) >= 11 is 0. The van der Waals surface area contributed by atoms with Crippen LogP contribution in [0.25, 0.3) is 0 Å². The minimum atomic E-state index is -0.246. The molecule has 6 nitrogen and oxygen atoms in total. The molecule has 0 unspecified atom stereocenters. The molecule has 2 amide bonds. The first kappa shape index (κ1) is 21.3. The monoisotopic (exact) mass is 384 g/mol. The summed E-state index contributed by atoms with van der Waals surface area (Å²) in [6.45, 7) is 7.04. The van der Waals surface area contributed by atoms with Crippen molar-refractivity contribution in [3.8, 4) is 11.5 Å². The van der Waals surface area contributed by atoms with E-state index in [1.807, 2.05) is 24.3 Å². The van der Waals surface area contributed by atoms with E-state index in [1.165, 1.54) is 19.8 Å². The highest BCUT2D eigenvalue weighted by molar-refractivity contribution is 5.95. The van der Waals surface area contributed by atoms with Gasteiger partial charge in [0, 0.05) is 24.2 Å². The van der Waals surface area contributed by atoms with Gasteiger partial charge in [-0.05, 0) is 41.3 Å². The van der Waals surface area contributed by atoms with Crippen LogP contribution in [0.15, 0.2) is 42.5 Å². The second kappa shape index (κ2) is 9.26. The van der Waals surface area contributed by atoms with E-state index >= 15 is 0 Å². The third-order valence-electron chi connectivity index (χ3n) is 4.35. The predicted octanol–water partition coefficient (Wildman–Crippen LogP) is 3.16. The highest BCUT2D eigenvalue weighted by atomic mass is 16.5. The van der Waals surface area contributed by atoms with Crippen LogP contribution in [-0.2, 0) is 5.41 Å². The Kier molecular flexibility index (Phi) is 7.04. The van der Waals surface area contributed by atoms with E-state index in [4.69, 9.17) is 9.47 Å². The average molecular weight is 384 g/mol. The SMILES string of the molecule is COc1ccc(C(=O)NCCNC(=O)c2ccc(C(C)(C)C)cc2)cc1OC. The van der Waals surface area contributed by atoms with E-state index in [-0.39, 0.29) is 17.2 Å². The summed E-state index contributed by atoms with van der Waals surface area (Å²) in [5.41, 5.74) is 2.27. The van der Waals surface area contributed by atoms with Crippen LogP contribution >= 0.6 is 0 Å². The maximum Gasteiger partial charge on any atom is 0.251 e. The number of hydrogen-bond acceptors (Lipinski definition) is 4. The fourth-order valence-corrected chi connectivity index (χ4v) is 2.66. The fourth-order valence-electron chi connectivity index (χ4n) is 2.66. The molecule has 0 aliphatic carbocycles. The highest BCUT2D eigenvalue weighted by Gasteiger charge is 2.14. The lowest BCUT2D eigenvalue weighted by atomic mass is 9.87. The summed E-state index contributed by atoms with van der Waals surface area (Å²) < 4.78 is 10.4. The number of carbonyl (C=O) groups is 2. The van der Waals surface area contributed by atoms with Crippen LogP contribution in [0.4, 0.5) is 0 Å². The first-order chi connectivity index (χ1) is 13.3. The lowest BCUT2D eigenvalue weighted by Gasteiger charge is -2.19. The molecule has 0 aliphatic heterocycles. The molecule has 0 atom stereocenters. The summed E-state index contributed by atoms with van der Waals surface area (Å²) in [5.74, 6) is 0.636. The van der Waals surface area contributed by atoms with E-state index in [1.54, 1.807) is 18.2 Å². The Morgan fingerprint density at radius 1 is 0.786 bits per heavy atom. The molecule has 0 fully saturated rings. The van der Waals surface area contributed by atoms with Crippen molar-refractivity contribution in [1.82, 2.24) is 10.6 Å². The highest BCUT2D eigenvalue weighted by Crippen LogP contribution is 2.27. The molecule has 0 saturated carbocycles. The van der Waals surface area contributed by atoms with Crippen LogP contribution in [0.1, 0.15) is 47.1 Å². The third kappa shape index (κ3) is 5.49. The molecule has 6 heteroatoms. The molecular weight excluding hydrogens is 356 g/mol. The second-order valence-corrected chi connectivity index (χ2v) is 7.41. The van der Waals surface area contributed by atoms with Crippen LogP contribution in [0.3, 0.4) is 0 Å². The fraction of sp³-hybridized carbons (Fsp3) is 0.364. The molecule has 0 heterocycles. The summed E-state index contributed by atoms with van der Waals surface area (Å²) in [6.07, 6.45) is 0. The molecule has 0 aromatic heterocycles. The van der Waals surface area contributed by atoms with Crippen molar-refractivity contribution in [2.24, 2.45) is 0 Å². The molecule has 2 aromatic carbocycles. The van der Waals surface area contributed by atoms with Gasteiger partial charge in [0.2, 0.25) is 0 Å². The molecule has 0 bridgehead atoms. The molecule has 0 radical (unpaired) electrons. The first-order valence-electron chi connectivity index (χ1n) is 9.15. The number of methoxy groups -OCH3 is 2. The molecule has 0 aliphatic rings. The van der Waals surface area contributed by atoms with Gasteiger partial charge in [-0.2, -0.15) is 0 Å². The maximum absolute atomic E-state index is 12.2. The minimum absolute atomic E-state index is 0.0451. The zero-order chi connectivity index (χ0) is 20.7. The second-order valence-electron chi connectivity index (χ2n) is 7.41. The van der Waals surface area contributed by atoms with Crippen molar-refractivity contribution in [2.45, 2.75) is 26.2 Å². The van der Waals surface area contributed by atoms with E-state index in [0.717, 1.165) is 0 Å². The Morgan fingerprint density at radius 3 is 1.79 bits per heavy atom. The smallest absolute Gasteiger partial charge is 0.251 e. The summed E-state index contributed by atoms with van der Waals surface area (Å²) in [6, 6.07) is 12.5. The lowest BCUT2D eigenvalue weighted by Crippen LogP contribution is -2.34. The van der Waals surface area contributed by atoms with Crippen molar-refractivity contribution >= 4 is 11.8 Å². The first-order valence-corrected chi connectivity index (χ1v) is 9.15. The van der Waals surface area contributed by atoms with Gasteiger partial charge in [-0.3, -0.25) is 9.59 Å². The quantitative estimate of drug-likeness (QED) is 0.719. The maximum atomic E-state index is 12.2. The number of nitrogens with one attached hydrogen (secondary N) is 2. The number of benzene rings is 2. The zero-order valence-corrected chi connectivity index (χ0v) is 17.1. The van der Waals surface area contributed by atoms with Crippen LogP contribution in [-0.4, -0.2) is 39.1 Å².